The number of H-pyrrole nitrogens is 1. The standard InChI is InChI=1S/C23H16N4OS/c1-13-17-7-8-25-20(17)6-5-19(13)27-22-15(11-24)12-26-23-18(22)10-21(29-23)14-3-2-4-16(28)9-14/h2-10,12,25,28H,1H3,(H,26,27). The van der Waals surface area contributed by atoms with Gasteiger partial charge in [0.1, 0.15) is 16.6 Å². The highest BCUT2D eigenvalue weighted by Gasteiger charge is 2.15. The maximum Gasteiger partial charge on any atom is 0.126 e. The molecule has 0 spiro atoms. The molecule has 140 valence electrons. The van der Waals surface area contributed by atoms with Gasteiger partial charge in [0.05, 0.1) is 11.3 Å². The van der Waals surface area contributed by atoms with Crippen LogP contribution >= 0.6 is 11.3 Å². The van der Waals surface area contributed by atoms with E-state index in [0.717, 1.165) is 48.5 Å². The number of nitrogens with one attached hydrogen (secondary N) is 2. The van der Waals surface area contributed by atoms with Gasteiger partial charge >= 0.3 is 0 Å². The van der Waals surface area contributed by atoms with Crippen LogP contribution in [-0.2, 0) is 0 Å². The number of nitriles is 1. The molecule has 0 unspecified atom stereocenters. The Morgan fingerprint density at radius 3 is 2.86 bits per heavy atom. The summed E-state index contributed by atoms with van der Waals surface area (Å²) in [5.41, 5.74) is 5.30. The molecule has 0 saturated heterocycles. The van der Waals surface area contributed by atoms with Crippen molar-refractivity contribution in [1.29, 1.82) is 5.26 Å². The van der Waals surface area contributed by atoms with Gasteiger partial charge in [0.2, 0.25) is 0 Å². The smallest absolute Gasteiger partial charge is 0.126 e. The van der Waals surface area contributed by atoms with Crippen molar-refractivity contribution in [3.05, 3.63) is 72.1 Å². The molecule has 3 aromatic heterocycles. The number of nitrogens with zero attached hydrogens (tertiary/aromatic N) is 2. The van der Waals surface area contributed by atoms with Crippen LogP contribution < -0.4 is 5.32 Å². The topological polar surface area (TPSA) is 84.7 Å². The number of phenolic OH excluding ortho intramolecular Hbond substituents is 1. The Balaban J connectivity index is 1.67. The number of aromatic amines is 1. The summed E-state index contributed by atoms with van der Waals surface area (Å²) < 4.78 is 0. The molecule has 3 heterocycles. The van der Waals surface area contributed by atoms with Gasteiger partial charge in [-0.3, -0.25) is 0 Å². The number of thiophene rings is 1. The summed E-state index contributed by atoms with van der Waals surface area (Å²) in [6, 6.07) is 17.5. The Bertz CT molecular complexity index is 1420. The number of benzene rings is 2. The summed E-state index contributed by atoms with van der Waals surface area (Å²) in [7, 11) is 0. The maximum absolute atomic E-state index is 9.81. The van der Waals surface area contributed by atoms with E-state index in [-0.39, 0.29) is 5.75 Å². The van der Waals surface area contributed by atoms with Crippen LogP contribution in [0.15, 0.2) is 60.9 Å². The first-order valence-electron chi connectivity index (χ1n) is 9.10. The highest BCUT2D eigenvalue weighted by molar-refractivity contribution is 7.22. The molecule has 0 aliphatic rings. The van der Waals surface area contributed by atoms with Gasteiger partial charge in [-0.25, -0.2) is 4.98 Å². The molecule has 6 heteroatoms. The molecule has 29 heavy (non-hydrogen) atoms. The first kappa shape index (κ1) is 17.3. The predicted octanol–water partition coefficient (Wildman–Crippen LogP) is 6.07. The second-order valence-electron chi connectivity index (χ2n) is 6.84. The van der Waals surface area contributed by atoms with Crippen LogP contribution in [0.2, 0.25) is 0 Å². The second kappa shape index (κ2) is 6.66. The van der Waals surface area contributed by atoms with Crippen molar-refractivity contribution in [3.63, 3.8) is 0 Å². The lowest BCUT2D eigenvalue weighted by Gasteiger charge is -2.12. The minimum atomic E-state index is 0.222. The van der Waals surface area contributed by atoms with E-state index in [2.05, 4.69) is 28.3 Å². The lowest BCUT2D eigenvalue weighted by molar-refractivity contribution is 0.475. The molecule has 0 aliphatic carbocycles. The SMILES string of the molecule is Cc1c(Nc2c(C#N)cnc3sc(-c4cccc(O)c4)cc23)ccc2[nH]ccc12. The monoisotopic (exact) mass is 396 g/mol. The molecule has 0 aliphatic heterocycles. The average molecular weight is 396 g/mol. The second-order valence-corrected chi connectivity index (χ2v) is 7.87. The van der Waals surface area contributed by atoms with Crippen LogP contribution in [-0.4, -0.2) is 15.1 Å². The van der Waals surface area contributed by atoms with Gasteiger partial charge in [0.15, 0.2) is 0 Å². The van der Waals surface area contributed by atoms with Gasteiger partial charge < -0.3 is 15.4 Å². The Morgan fingerprint density at radius 1 is 1.14 bits per heavy atom. The summed E-state index contributed by atoms with van der Waals surface area (Å²) >= 11 is 1.53. The van der Waals surface area contributed by atoms with E-state index in [1.54, 1.807) is 18.3 Å². The van der Waals surface area contributed by atoms with Crippen LogP contribution in [0.25, 0.3) is 31.6 Å². The Kier molecular flexibility index (Phi) is 3.97. The van der Waals surface area contributed by atoms with E-state index < -0.39 is 0 Å². The molecular formula is C23H16N4OS. The molecule has 0 fully saturated rings. The van der Waals surface area contributed by atoms with Crippen molar-refractivity contribution in [2.45, 2.75) is 6.92 Å². The number of anilines is 2. The van der Waals surface area contributed by atoms with Gasteiger partial charge in [0.25, 0.3) is 0 Å². The number of fused-ring (bicyclic) bond motifs is 2. The molecule has 0 saturated carbocycles. The van der Waals surface area contributed by atoms with Gasteiger partial charge in [0, 0.05) is 39.2 Å². The fraction of sp³-hybridized carbons (Fsp3) is 0.0435. The quantitative estimate of drug-likeness (QED) is 0.345. The van der Waals surface area contributed by atoms with E-state index in [0.29, 0.717) is 5.56 Å². The Hall–Kier alpha value is -3.82. The Morgan fingerprint density at radius 2 is 2.03 bits per heavy atom. The van der Waals surface area contributed by atoms with Gasteiger partial charge in [-0.1, -0.05) is 12.1 Å². The fourth-order valence-electron chi connectivity index (χ4n) is 3.56. The average Bonchev–Trinajstić information content (AvgIpc) is 3.37. The van der Waals surface area contributed by atoms with E-state index in [1.165, 1.54) is 11.3 Å². The van der Waals surface area contributed by atoms with Crippen molar-refractivity contribution < 1.29 is 5.11 Å². The molecule has 2 aromatic carbocycles. The number of pyridine rings is 1. The third-order valence-corrected chi connectivity index (χ3v) is 6.17. The lowest BCUT2D eigenvalue weighted by atomic mass is 10.1. The van der Waals surface area contributed by atoms with Crippen LogP contribution in [0.3, 0.4) is 0 Å². The minimum absolute atomic E-state index is 0.222. The van der Waals surface area contributed by atoms with Crippen LogP contribution in [0.4, 0.5) is 11.4 Å². The fourth-order valence-corrected chi connectivity index (χ4v) is 4.57. The van der Waals surface area contributed by atoms with E-state index >= 15 is 0 Å². The van der Waals surface area contributed by atoms with E-state index in [9.17, 15) is 10.4 Å². The zero-order chi connectivity index (χ0) is 20.0. The highest BCUT2D eigenvalue weighted by Crippen LogP contribution is 2.39. The number of rotatable bonds is 3. The third kappa shape index (κ3) is 2.89. The molecule has 0 amide bonds. The number of aromatic nitrogens is 2. The first-order chi connectivity index (χ1) is 14.1. The minimum Gasteiger partial charge on any atom is -0.508 e. The predicted molar refractivity (Wildman–Crippen MR) is 118 cm³/mol. The number of phenols is 1. The summed E-state index contributed by atoms with van der Waals surface area (Å²) in [4.78, 5) is 9.52. The largest absolute Gasteiger partial charge is 0.508 e. The van der Waals surface area contributed by atoms with Crippen molar-refractivity contribution in [2.75, 3.05) is 5.32 Å². The Labute approximate surface area is 170 Å². The third-order valence-electron chi connectivity index (χ3n) is 5.08. The van der Waals surface area contributed by atoms with Crippen molar-refractivity contribution >= 4 is 43.8 Å². The first-order valence-corrected chi connectivity index (χ1v) is 9.91. The van der Waals surface area contributed by atoms with Crippen molar-refractivity contribution in [3.8, 4) is 22.3 Å². The molecule has 0 radical (unpaired) electrons. The molecule has 0 bridgehead atoms. The summed E-state index contributed by atoms with van der Waals surface area (Å²) in [6.45, 7) is 2.06. The van der Waals surface area contributed by atoms with Gasteiger partial charge in [-0.15, -0.1) is 11.3 Å². The highest BCUT2D eigenvalue weighted by atomic mass is 32.1. The van der Waals surface area contributed by atoms with E-state index in [1.807, 2.05) is 42.6 Å². The molecule has 5 aromatic rings. The molecular weight excluding hydrogens is 380 g/mol. The normalized spacial score (nSPS) is 11.0. The number of hydrogen-bond donors (Lipinski definition) is 3. The summed E-state index contributed by atoms with van der Waals surface area (Å²) in [5.74, 6) is 0.222. The van der Waals surface area contributed by atoms with Crippen LogP contribution in [0.1, 0.15) is 11.1 Å². The van der Waals surface area contributed by atoms with Crippen molar-refractivity contribution in [1.82, 2.24) is 9.97 Å². The number of aromatic hydroxyl groups is 1. The zero-order valence-corrected chi connectivity index (χ0v) is 16.3. The maximum atomic E-state index is 9.81. The summed E-state index contributed by atoms with van der Waals surface area (Å²) in [5, 5.41) is 25.0. The van der Waals surface area contributed by atoms with Gasteiger partial charge in [-0.05, 0) is 54.4 Å². The lowest BCUT2D eigenvalue weighted by Crippen LogP contribution is -1.97. The molecule has 3 N–H and O–H groups in total. The molecule has 5 nitrogen and oxygen atoms in total. The number of hydrogen-bond acceptors (Lipinski definition) is 5. The number of aryl methyl sites for hydroxylation is 1. The van der Waals surface area contributed by atoms with Crippen LogP contribution in [0, 0.1) is 18.3 Å². The molecule has 0 atom stereocenters. The van der Waals surface area contributed by atoms with Crippen LogP contribution in [0.5, 0.6) is 5.75 Å². The molecule has 5 rings (SSSR count). The van der Waals surface area contributed by atoms with Gasteiger partial charge in [-0.2, -0.15) is 5.26 Å². The van der Waals surface area contributed by atoms with E-state index in [4.69, 9.17) is 0 Å². The summed E-state index contributed by atoms with van der Waals surface area (Å²) in [6.07, 6.45) is 3.53. The van der Waals surface area contributed by atoms with Crippen molar-refractivity contribution in [2.24, 2.45) is 0 Å². The zero-order valence-electron chi connectivity index (χ0n) is 15.5.